The summed E-state index contributed by atoms with van der Waals surface area (Å²) in [6.45, 7) is 4.38. The molecule has 2 aromatic rings. The third-order valence-electron chi connectivity index (χ3n) is 2.76. The van der Waals surface area contributed by atoms with Gasteiger partial charge in [-0.2, -0.15) is 0 Å². The van der Waals surface area contributed by atoms with Crippen molar-refractivity contribution >= 4 is 23.8 Å². The van der Waals surface area contributed by atoms with Crippen LogP contribution in [0.2, 0.25) is 5.02 Å². The summed E-state index contributed by atoms with van der Waals surface area (Å²) in [4.78, 5) is 7.75. The summed E-state index contributed by atoms with van der Waals surface area (Å²) in [6.07, 6.45) is 1.73. The van der Waals surface area contributed by atoms with Gasteiger partial charge in [0.1, 0.15) is 10.5 Å². The lowest BCUT2D eigenvalue weighted by Gasteiger charge is -2.08. The molecule has 100 valence electrons. The molecule has 0 saturated heterocycles. The van der Waals surface area contributed by atoms with Gasteiger partial charge in [-0.1, -0.05) is 49.8 Å². The van der Waals surface area contributed by atoms with E-state index in [1.165, 1.54) is 5.56 Å². The highest BCUT2D eigenvalue weighted by Crippen LogP contribution is 2.13. The lowest BCUT2D eigenvalue weighted by atomic mass is 10.1. The fraction of sp³-hybridized carbons (Fsp3) is 0.333. The van der Waals surface area contributed by atoms with Crippen molar-refractivity contribution in [3.05, 3.63) is 57.1 Å². The van der Waals surface area contributed by atoms with Gasteiger partial charge in [0.15, 0.2) is 0 Å². The van der Waals surface area contributed by atoms with E-state index in [9.17, 15) is 0 Å². The maximum Gasteiger partial charge on any atom is 0.130 e. The van der Waals surface area contributed by atoms with Gasteiger partial charge in [0.2, 0.25) is 0 Å². The smallest absolute Gasteiger partial charge is 0.130 e. The number of aromatic nitrogens is 2. The standard InChI is InChI=1S/C15H17ClN2S/c1-10(2)7-13-9-15(19)18-14(17-13)8-11-3-5-12(16)6-4-11/h3-6,9-10H,7-8H2,1-2H3,(H,17,18,19). The summed E-state index contributed by atoms with van der Waals surface area (Å²) < 4.78 is 0.651. The summed E-state index contributed by atoms with van der Waals surface area (Å²) in [7, 11) is 0. The Morgan fingerprint density at radius 2 is 1.95 bits per heavy atom. The molecule has 0 aliphatic carbocycles. The van der Waals surface area contributed by atoms with Crippen molar-refractivity contribution in [1.29, 1.82) is 0 Å². The minimum Gasteiger partial charge on any atom is -0.347 e. The molecule has 0 amide bonds. The molecular formula is C15H17ClN2S. The number of H-pyrrole nitrogens is 1. The Hall–Kier alpha value is -1.19. The maximum absolute atomic E-state index is 5.88. The monoisotopic (exact) mass is 292 g/mol. The Labute approximate surface area is 123 Å². The van der Waals surface area contributed by atoms with E-state index in [1.807, 2.05) is 30.3 Å². The first kappa shape index (κ1) is 14.2. The van der Waals surface area contributed by atoms with Crippen LogP contribution in [0.3, 0.4) is 0 Å². The van der Waals surface area contributed by atoms with Gasteiger partial charge in [-0.05, 0) is 36.1 Å². The van der Waals surface area contributed by atoms with Gasteiger partial charge in [0, 0.05) is 17.1 Å². The summed E-state index contributed by atoms with van der Waals surface area (Å²) in [6, 6.07) is 9.75. The molecule has 0 aliphatic rings. The molecule has 0 atom stereocenters. The molecule has 0 spiro atoms. The van der Waals surface area contributed by atoms with Crippen molar-refractivity contribution in [2.45, 2.75) is 26.7 Å². The molecule has 19 heavy (non-hydrogen) atoms. The molecule has 0 bridgehead atoms. The molecule has 4 heteroatoms. The zero-order chi connectivity index (χ0) is 13.8. The predicted molar refractivity (Wildman–Crippen MR) is 82.2 cm³/mol. The Kier molecular flexibility index (Phi) is 4.72. The first-order valence-corrected chi connectivity index (χ1v) is 7.15. The number of hydrogen-bond acceptors (Lipinski definition) is 2. The van der Waals surface area contributed by atoms with Crippen LogP contribution in [0.4, 0.5) is 0 Å². The number of halogens is 1. The maximum atomic E-state index is 5.88. The lowest BCUT2D eigenvalue weighted by Crippen LogP contribution is -2.03. The highest BCUT2D eigenvalue weighted by Gasteiger charge is 2.03. The van der Waals surface area contributed by atoms with Gasteiger partial charge in [-0.25, -0.2) is 4.98 Å². The minimum absolute atomic E-state index is 0.594. The molecule has 0 aliphatic heterocycles. The van der Waals surface area contributed by atoms with Crippen molar-refractivity contribution in [3.63, 3.8) is 0 Å². The van der Waals surface area contributed by atoms with Crippen molar-refractivity contribution in [2.75, 3.05) is 0 Å². The Bertz CT molecular complexity index is 602. The Balaban J connectivity index is 2.22. The highest BCUT2D eigenvalue weighted by molar-refractivity contribution is 7.71. The molecule has 1 aromatic heterocycles. The fourth-order valence-corrected chi connectivity index (χ4v) is 2.37. The Morgan fingerprint density at radius 1 is 1.26 bits per heavy atom. The predicted octanol–water partition coefficient (Wildman–Crippen LogP) is 4.58. The van der Waals surface area contributed by atoms with E-state index in [0.717, 1.165) is 29.4 Å². The van der Waals surface area contributed by atoms with Gasteiger partial charge in [0.25, 0.3) is 0 Å². The minimum atomic E-state index is 0.594. The second-order valence-corrected chi connectivity index (χ2v) is 5.95. The van der Waals surface area contributed by atoms with Crippen LogP contribution in [-0.2, 0) is 12.8 Å². The lowest BCUT2D eigenvalue weighted by molar-refractivity contribution is 0.630. The number of hydrogen-bond donors (Lipinski definition) is 1. The van der Waals surface area contributed by atoms with Crippen molar-refractivity contribution in [2.24, 2.45) is 5.92 Å². The molecule has 2 nitrogen and oxygen atoms in total. The zero-order valence-electron chi connectivity index (χ0n) is 11.1. The number of rotatable bonds is 4. The Morgan fingerprint density at radius 3 is 2.58 bits per heavy atom. The fourth-order valence-electron chi connectivity index (χ4n) is 1.99. The van der Waals surface area contributed by atoms with Crippen LogP contribution in [-0.4, -0.2) is 9.97 Å². The molecular weight excluding hydrogens is 276 g/mol. The van der Waals surface area contributed by atoms with Crippen LogP contribution in [0.15, 0.2) is 30.3 Å². The topological polar surface area (TPSA) is 28.7 Å². The molecule has 1 N–H and O–H groups in total. The van der Waals surface area contributed by atoms with Crippen LogP contribution in [0, 0.1) is 10.6 Å². The highest BCUT2D eigenvalue weighted by atomic mass is 35.5. The van der Waals surface area contributed by atoms with Crippen molar-refractivity contribution in [1.82, 2.24) is 9.97 Å². The van der Waals surface area contributed by atoms with Crippen LogP contribution in [0.5, 0.6) is 0 Å². The molecule has 0 unspecified atom stereocenters. The van der Waals surface area contributed by atoms with E-state index in [4.69, 9.17) is 23.8 Å². The van der Waals surface area contributed by atoms with Crippen LogP contribution >= 0.6 is 23.8 Å². The van der Waals surface area contributed by atoms with E-state index in [-0.39, 0.29) is 0 Å². The van der Waals surface area contributed by atoms with Crippen LogP contribution in [0.1, 0.15) is 30.9 Å². The van der Waals surface area contributed by atoms with E-state index < -0.39 is 0 Å². The molecule has 0 radical (unpaired) electrons. The van der Waals surface area contributed by atoms with Crippen LogP contribution in [0.25, 0.3) is 0 Å². The zero-order valence-corrected chi connectivity index (χ0v) is 12.7. The summed E-state index contributed by atoms with van der Waals surface area (Å²) in [5.74, 6) is 1.50. The summed E-state index contributed by atoms with van der Waals surface area (Å²) >= 11 is 11.1. The molecule has 2 rings (SSSR count). The normalized spacial score (nSPS) is 10.9. The van der Waals surface area contributed by atoms with Gasteiger partial charge < -0.3 is 4.98 Å². The largest absolute Gasteiger partial charge is 0.347 e. The van der Waals surface area contributed by atoms with Gasteiger partial charge >= 0.3 is 0 Å². The molecule has 0 fully saturated rings. The number of aromatic amines is 1. The third-order valence-corrected chi connectivity index (χ3v) is 3.22. The molecule has 0 saturated carbocycles. The molecule has 1 heterocycles. The van der Waals surface area contributed by atoms with Gasteiger partial charge in [-0.3, -0.25) is 0 Å². The van der Waals surface area contributed by atoms with E-state index in [1.54, 1.807) is 0 Å². The average molecular weight is 293 g/mol. The average Bonchev–Trinajstić information content (AvgIpc) is 2.30. The first-order valence-electron chi connectivity index (χ1n) is 6.36. The van der Waals surface area contributed by atoms with Crippen molar-refractivity contribution < 1.29 is 0 Å². The quantitative estimate of drug-likeness (QED) is 0.836. The van der Waals surface area contributed by atoms with E-state index in [2.05, 4.69) is 23.8 Å². The number of nitrogens with zero attached hydrogens (tertiary/aromatic N) is 1. The second kappa shape index (κ2) is 6.31. The summed E-state index contributed by atoms with van der Waals surface area (Å²) in [5.41, 5.74) is 2.32. The SMILES string of the molecule is CC(C)Cc1cc(=S)nc(Cc2ccc(Cl)cc2)[nH]1. The van der Waals surface area contributed by atoms with Crippen molar-refractivity contribution in [3.8, 4) is 0 Å². The van der Waals surface area contributed by atoms with Crippen LogP contribution < -0.4 is 0 Å². The second-order valence-electron chi connectivity index (χ2n) is 5.09. The third kappa shape index (κ3) is 4.44. The summed E-state index contributed by atoms with van der Waals surface area (Å²) in [5, 5.41) is 0.748. The van der Waals surface area contributed by atoms with Gasteiger partial charge in [0.05, 0.1) is 0 Å². The molecule has 1 aromatic carbocycles. The van der Waals surface area contributed by atoms with E-state index in [0.29, 0.717) is 10.6 Å². The number of benzene rings is 1. The first-order chi connectivity index (χ1) is 9.02. The van der Waals surface area contributed by atoms with Gasteiger partial charge in [-0.15, -0.1) is 0 Å². The number of nitrogens with one attached hydrogen (secondary N) is 1. The van der Waals surface area contributed by atoms with E-state index >= 15 is 0 Å².